The van der Waals surface area contributed by atoms with Gasteiger partial charge in [0.05, 0.1) is 12.7 Å². The van der Waals surface area contributed by atoms with E-state index in [0.29, 0.717) is 36.9 Å². The van der Waals surface area contributed by atoms with Crippen molar-refractivity contribution in [2.45, 2.75) is 33.1 Å². The van der Waals surface area contributed by atoms with E-state index in [4.69, 9.17) is 9.26 Å². The van der Waals surface area contributed by atoms with Crippen LogP contribution in [0.1, 0.15) is 47.9 Å². The van der Waals surface area contributed by atoms with Crippen LogP contribution >= 0.6 is 0 Å². The molecule has 0 atom stereocenters. The molecule has 1 aliphatic heterocycles. The van der Waals surface area contributed by atoms with Crippen molar-refractivity contribution in [2.75, 3.05) is 38.2 Å². The van der Waals surface area contributed by atoms with Crippen molar-refractivity contribution >= 4 is 11.7 Å². The predicted octanol–water partition coefficient (Wildman–Crippen LogP) is 3.92. The van der Waals surface area contributed by atoms with Crippen LogP contribution in [0.4, 0.5) is 5.82 Å². The van der Waals surface area contributed by atoms with Gasteiger partial charge in [-0.1, -0.05) is 19.0 Å². The quantitative estimate of drug-likeness (QED) is 0.600. The third-order valence-corrected chi connectivity index (χ3v) is 5.72. The fourth-order valence-electron chi connectivity index (χ4n) is 3.90. The molecule has 0 spiro atoms. The Labute approximate surface area is 188 Å². The fraction of sp³-hybridized carbons (Fsp3) is 0.417. The lowest BCUT2D eigenvalue weighted by Crippen LogP contribution is -2.35. The Morgan fingerprint density at radius 2 is 2.00 bits per heavy atom. The van der Waals surface area contributed by atoms with Crippen LogP contribution < -0.4 is 9.64 Å². The Kier molecular flexibility index (Phi) is 6.39. The van der Waals surface area contributed by atoms with Gasteiger partial charge in [-0.3, -0.25) is 4.79 Å². The molecule has 0 saturated carbocycles. The summed E-state index contributed by atoms with van der Waals surface area (Å²) in [6, 6.07) is 9.40. The smallest absolute Gasteiger partial charge is 0.261 e. The zero-order valence-electron chi connectivity index (χ0n) is 19.0. The van der Waals surface area contributed by atoms with Gasteiger partial charge in [-0.15, -0.1) is 0 Å². The first-order valence-electron chi connectivity index (χ1n) is 11.0. The molecule has 0 N–H and O–H groups in total. The lowest BCUT2D eigenvalue weighted by Gasteiger charge is -2.24. The highest BCUT2D eigenvalue weighted by Crippen LogP contribution is 2.29. The van der Waals surface area contributed by atoms with Gasteiger partial charge in [0.25, 0.3) is 11.8 Å². The molecule has 0 unspecified atom stereocenters. The first-order valence-corrected chi connectivity index (χ1v) is 11.0. The van der Waals surface area contributed by atoms with Crippen LogP contribution in [-0.2, 0) is 0 Å². The Hall–Kier alpha value is -3.42. The number of ether oxygens (including phenoxy) is 1. The molecular formula is C24H29N5O3. The summed E-state index contributed by atoms with van der Waals surface area (Å²) in [7, 11) is 1.63. The normalized spacial score (nSPS) is 14.5. The topological polar surface area (TPSA) is 84.6 Å². The molecule has 1 aliphatic rings. The second-order valence-corrected chi connectivity index (χ2v) is 8.30. The van der Waals surface area contributed by atoms with Gasteiger partial charge in [0.2, 0.25) is 0 Å². The molecule has 3 aromatic rings. The van der Waals surface area contributed by atoms with Gasteiger partial charge in [-0.2, -0.15) is 4.98 Å². The second-order valence-electron chi connectivity index (χ2n) is 8.30. The zero-order valence-corrected chi connectivity index (χ0v) is 19.0. The van der Waals surface area contributed by atoms with E-state index in [0.717, 1.165) is 35.7 Å². The highest BCUT2D eigenvalue weighted by molar-refractivity contribution is 5.96. The number of hydrogen-bond donors (Lipinski definition) is 0. The second kappa shape index (κ2) is 9.38. The van der Waals surface area contributed by atoms with Crippen molar-refractivity contribution in [3.05, 3.63) is 53.5 Å². The Balaban J connectivity index is 1.52. The zero-order chi connectivity index (χ0) is 22.7. The summed E-state index contributed by atoms with van der Waals surface area (Å²) in [4.78, 5) is 26.5. The Bertz CT molecular complexity index is 1090. The average Bonchev–Trinajstić information content (AvgIpc) is 3.17. The molecule has 1 fully saturated rings. The summed E-state index contributed by atoms with van der Waals surface area (Å²) in [5, 5.41) is 4.09. The molecule has 168 valence electrons. The molecule has 1 amide bonds. The van der Waals surface area contributed by atoms with E-state index >= 15 is 0 Å². The molecule has 0 radical (unpaired) electrons. The van der Waals surface area contributed by atoms with E-state index in [1.165, 1.54) is 0 Å². The number of aryl methyl sites for hydroxylation is 1. The number of pyridine rings is 1. The molecule has 1 aromatic carbocycles. The lowest BCUT2D eigenvalue weighted by molar-refractivity contribution is 0.0766. The van der Waals surface area contributed by atoms with E-state index in [1.54, 1.807) is 13.3 Å². The molecule has 8 heteroatoms. The van der Waals surface area contributed by atoms with Gasteiger partial charge in [-0.05, 0) is 49.2 Å². The van der Waals surface area contributed by atoms with E-state index in [2.05, 4.69) is 20.0 Å². The number of nitrogens with zero attached hydrogens (tertiary/aromatic N) is 5. The molecular weight excluding hydrogens is 406 g/mol. The molecule has 0 bridgehead atoms. The first kappa shape index (κ1) is 21.8. The number of anilines is 1. The first-order chi connectivity index (χ1) is 15.5. The van der Waals surface area contributed by atoms with Gasteiger partial charge in [-0.25, -0.2) is 4.98 Å². The highest BCUT2D eigenvalue weighted by Gasteiger charge is 2.25. The van der Waals surface area contributed by atoms with Crippen molar-refractivity contribution in [3.8, 4) is 17.2 Å². The molecule has 1 saturated heterocycles. The molecule has 32 heavy (non-hydrogen) atoms. The van der Waals surface area contributed by atoms with Gasteiger partial charge in [0.15, 0.2) is 5.82 Å². The molecule has 3 heterocycles. The fourth-order valence-corrected chi connectivity index (χ4v) is 3.90. The maximum Gasteiger partial charge on any atom is 0.261 e. The van der Waals surface area contributed by atoms with E-state index in [-0.39, 0.29) is 11.8 Å². The largest absolute Gasteiger partial charge is 0.497 e. The minimum absolute atomic E-state index is 0.0479. The van der Waals surface area contributed by atoms with Crippen molar-refractivity contribution < 1.29 is 14.1 Å². The van der Waals surface area contributed by atoms with E-state index < -0.39 is 0 Å². The molecule has 8 nitrogen and oxygen atoms in total. The van der Waals surface area contributed by atoms with E-state index in [9.17, 15) is 4.79 Å². The van der Waals surface area contributed by atoms with Gasteiger partial charge in [0, 0.05) is 43.9 Å². The predicted molar refractivity (Wildman–Crippen MR) is 122 cm³/mol. The monoisotopic (exact) mass is 435 g/mol. The van der Waals surface area contributed by atoms with Crippen LogP contribution in [0, 0.1) is 6.92 Å². The SMILES string of the molecule is COc1ccc(C(=O)N2CCCN(c3ncccc3-c3nc(C(C)C)no3)CC2)c(C)c1. The Morgan fingerprint density at radius 1 is 1.16 bits per heavy atom. The van der Waals surface area contributed by atoms with E-state index in [1.807, 2.05) is 56.0 Å². The summed E-state index contributed by atoms with van der Waals surface area (Å²) in [5.41, 5.74) is 2.45. The van der Waals surface area contributed by atoms with Crippen LogP contribution in [0.5, 0.6) is 5.75 Å². The summed E-state index contributed by atoms with van der Waals surface area (Å²) in [5.74, 6) is 2.95. The minimum atomic E-state index is 0.0479. The van der Waals surface area contributed by atoms with Gasteiger partial charge in [0.1, 0.15) is 11.6 Å². The number of carbonyl (C=O) groups excluding carboxylic acids is 1. The molecule has 0 aliphatic carbocycles. The highest BCUT2D eigenvalue weighted by atomic mass is 16.5. The van der Waals surface area contributed by atoms with Crippen molar-refractivity contribution in [1.82, 2.24) is 20.0 Å². The number of methoxy groups -OCH3 is 1. The van der Waals surface area contributed by atoms with Crippen molar-refractivity contribution in [1.29, 1.82) is 0 Å². The van der Waals surface area contributed by atoms with Crippen LogP contribution in [0.3, 0.4) is 0 Å². The number of aromatic nitrogens is 3. The summed E-state index contributed by atoms with van der Waals surface area (Å²) in [6.07, 6.45) is 2.62. The van der Waals surface area contributed by atoms with Crippen molar-refractivity contribution in [2.24, 2.45) is 0 Å². The minimum Gasteiger partial charge on any atom is -0.497 e. The van der Waals surface area contributed by atoms with Gasteiger partial charge < -0.3 is 19.1 Å². The van der Waals surface area contributed by atoms with Crippen molar-refractivity contribution in [3.63, 3.8) is 0 Å². The standard InChI is InChI=1S/C24H29N5O3/c1-16(2)21-26-23(32-27-21)20-7-5-10-25-22(20)28-11-6-12-29(14-13-28)24(30)19-9-8-18(31-4)15-17(19)3/h5,7-10,15-16H,6,11-14H2,1-4H3. The lowest BCUT2D eigenvalue weighted by atomic mass is 10.1. The maximum absolute atomic E-state index is 13.2. The summed E-state index contributed by atoms with van der Waals surface area (Å²) < 4.78 is 10.8. The van der Waals surface area contributed by atoms with Crippen LogP contribution in [0.2, 0.25) is 0 Å². The molecule has 4 rings (SSSR count). The van der Waals surface area contributed by atoms with Gasteiger partial charge >= 0.3 is 0 Å². The van der Waals surface area contributed by atoms with Crippen LogP contribution in [0.25, 0.3) is 11.5 Å². The third-order valence-electron chi connectivity index (χ3n) is 5.72. The number of carbonyl (C=O) groups is 1. The van der Waals surface area contributed by atoms with Crippen LogP contribution in [-0.4, -0.2) is 59.2 Å². The average molecular weight is 436 g/mol. The number of amides is 1. The number of hydrogen-bond acceptors (Lipinski definition) is 7. The molecule has 2 aromatic heterocycles. The summed E-state index contributed by atoms with van der Waals surface area (Å²) >= 11 is 0. The number of rotatable bonds is 5. The summed E-state index contributed by atoms with van der Waals surface area (Å²) in [6.45, 7) is 8.78. The maximum atomic E-state index is 13.2. The van der Waals surface area contributed by atoms with Crippen LogP contribution in [0.15, 0.2) is 41.1 Å². The Morgan fingerprint density at radius 3 is 2.72 bits per heavy atom. The number of benzene rings is 1. The third kappa shape index (κ3) is 4.44.